The summed E-state index contributed by atoms with van der Waals surface area (Å²) in [6.07, 6.45) is 2.64. The fourth-order valence-electron chi connectivity index (χ4n) is 1.76. The molecule has 0 radical (unpaired) electrons. The number of sulfonamides is 1. The van der Waals surface area contributed by atoms with Crippen LogP contribution in [0.1, 0.15) is 17.3 Å². The van der Waals surface area contributed by atoms with Crippen LogP contribution in [-0.2, 0) is 10.0 Å². The molecule has 2 aromatic rings. The fourth-order valence-corrected chi connectivity index (χ4v) is 3.08. The summed E-state index contributed by atoms with van der Waals surface area (Å²) < 4.78 is 24.7. The van der Waals surface area contributed by atoms with Crippen LogP contribution in [0, 0.1) is 0 Å². The van der Waals surface area contributed by atoms with Gasteiger partial charge in [-0.15, -0.1) is 0 Å². The first-order chi connectivity index (χ1) is 10.9. The quantitative estimate of drug-likeness (QED) is 0.834. The maximum Gasteiger partial charge on any atom is 0.252 e. The molecule has 2 N–H and O–H groups in total. The van der Waals surface area contributed by atoms with Crippen molar-refractivity contribution in [3.05, 3.63) is 48.2 Å². The van der Waals surface area contributed by atoms with Crippen molar-refractivity contribution >= 4 is 33.4 Å². The lowest BCUT2D eigenvalue weighted by molar-refractivity contribution is 0.0955. The summed E-state index contributed by atoms with van der Waals surface area (Å²) in [5.74, 6) is -0.146. The van der Waals surface area contributed by atoms with E-state index in [1.165, 1.54) is 18.0 Å². The van der Waals surface area contributed by atoms with E-state index >= 15 is 0 Å². The van der Waals surface area contributed by atoms with Crippen LogP contribution in [-0.4, -0.2) is 32.1 Å². The first-order valence-electron chi connectivity index (χ1n) is 6.87. The molecule has 2 rings (SSSR count). The molecule has 1 amide bonds. The van der Waals surface area contributed by atoms with Crippen molar-refractivity contribution in [3.63, 3.8) is 0 Å². The first kappa shape index (κ1) is 17.3. The lowest BCUT2D eigenvalue weighted by atomic mass is 10.3. The third-order valence-electron chi connectivity index (χ3n) is 2.72. The van der Waals surface area contributed by atoms with Crippen LogP contribution in [0.3, 0.4) is 0 Å². The van der Waals surface area contributed by atoms with Gasteiger partial charge >= 0.3 is 0 Å². The van der Waals surface area contributed by atoms with E-state index in [4.69, 9.17) is 0 Å². The molecule has 8 heteroatoms. The number of nitrogens with zero attached hydrogens (tertiary/aromatic N) is 1. The van der Waals surface area contributed by atoms with E-state index in [-0.39, 0.29) is 5.91 Å². The Kier molecular flexibility index (Phi) is 5.62. The second-order valence-corrected chi connectivity index (χ2v) is 7.59. The van der Waals surface area contributed by atoms with Gasteiger partial charge in [-0.05, 0) is 43.3 Å². The van der Waals surface area contributed by atoms with Crippen molar-refractivity contribution in [2.45, 2.75) is 16.8 Å². The zero-order valence-electron chi connectivity index (χ0n) is 12.7. The molecular formula is C15H17N3O3S2. The summed E-state index contributed by atoms with van der Waals surface area (Å²) in [5.41, 5.74) is 1.03. The number of benzene rings is 1. The van der Waals surface area contributed by atoms with Gasteiger partial charge in [0, 0.05) is 23.3 Å². The standard InChI is InChI=1S/C15H17N3O3S2/c1-3-16-15(19)11-4-9-14(17-10-11)22-13-7-5-12(6-8-13)18-23(2,20)21/h4-10,18H,3H2,1-2H3,(H,16,19). The van der Waals surface area contributed by atoms with Crippen LogP contribution in [0.2, 0.25) is 0 Å². The van der Waals surface area contributed by atoms with Crippen LogP contribution in [0.15, 0.2) is 52.5 Å². The van der Waals surface area contributed by atoms with E-state index in [0.717, 1.165) is 16.2 Å². The Hall–Kier alpha value is -2.06. The van der Waals surface area contributed by atoms with Crippen molar-refractivity contribution in [2.75, 3.05) is 17.5 Å². The molecule has 0 saturated carbocycles. The molecule has 1 heterocycles. The third kappa shape index (κ3) is 5.57. The third-order valence-corrected chi connectivity index (χ3v) is 4.28. The van der Waals surface area contributed by atoms with Gasteiger partial charge in [0.15, 0.2) is 0 Å². The SMILES string of the molecule is CCNC(=O)c1ccc(Sc2ccc(NS(C)(=O)=O)cc2)nc1. The van der Waals surface area contributed by atoms with Gasteiger partial charge in [0.05, 0.1) is 11.8 Å². The van der Waals surface area contributed by atoms with Crippen molar-refractivity contribution in [2.24, 2.45) is 0 Å². The molecule has 23 heavy (non-hydrogen) atoms. The molecule has 0 aliphatic carbocycles. The molecule has 0 aliphatic heterocycles. The van der Waals surface area contributed by atoms with Gasteiger partial charge < -0.3 is 5.32 Å². The second kappa shape index (κ2) is 7.47. The maximum atomic E-state index is 11.7. The maximum absolute atomic E-state index is 11.7. The Labute approximate surface area is 139 Å². The molecule has 0 fully saturated rings. The van der Waals surface area contributed by atoms with Gasteiger partial charge in [0.25, 0.3) is 5.91 Å². The molecular weight excluding hydrogens is 334 g/mol. The largest absolute Gasteiger partial charge is 0.352 e. The predicted molar refractivity (Wildman–Crippen MR) is 91.3 cm³/mol. The van der Waals surface area contributed by atoms with Crippen LogP contribution < -0.4 is 10.0 Å². The minimum atomic E-state index is -3.27. The number of aromatic nitrogens is 1. The molecule has 122 valence electrons. The number of hydrogen-bond acceptors (Lipinski definition) is 5. The Morgan fingerprint density at radius 2 is 1.87 bits per heavy atom. The summed E-state index contributed by atoms with van der Waals surface area (Å²) in [7, 11) is -3.27. The van der Waals surface area contributed by atoms with Crippen molar-refractivity contribution in [1.29, 1.82) is 0 Å². The Bertz CT molecular complexity index is 773. The molecule has 1 aromatic heterocycles. The number of nitrogens with one attached hydrogen (secondary N) is 2. The van der Waals surface area contributed by atoms with Crippen molar-refractivity contribution in [3.8, 4) is 0 Å². The summed E-state index contributed by atoms with van der Waals surface area (Å²) in [6, 6.07) is 10.5. The summed E-state index contributed by atoms with van der Waals surface area (Å²) in [4.78, 5) is 16.8. The smallest absolute Gasteiger partial charge is 0.252 e. The van der Waals surface area contributed by atoms with E-state index in [1.54, 1.807) is 36.4 Å². The Balaban J connectivity index is 2.03. The molecule has 0 saturated heterocycles. The predicted octanol–water partition coefficient (Wildman–Crippen LogP) is 2.35. The summed E-state index contributed by atoms with van der Waals surface area (Å²) in [5, 5.41) is 3.47. The van der Waals surface area contributed by atoms with Gasteiger partial charge in [0.2, 0.25) is 10.0 Å². The monoisotopic (exact) mass is 351 g/mol. The topological polar surface area (TPSA) is 88.2 Å². The van der Waals surface area contributed by atoms with Gasteiger partial charge in [-0.3, -0.25) is 9.52 Å². The number of carbonyl (C=O) groups is 1. The minimum Gasteiger partial charge on any atom is -0.352 e. The molecule has 0 unspecified atom stereocenters. The van der Waals surface area contributed by atoms with Gasteiger partial charge in [-0.25, -0.2) is 13.4 Å². The number of rotatable bonds is 6. The highest BCUT2D eigenvalue weighted by atomic mass is 32.2. The highest BCUT2D eigenvalue weighted by molar-refractivity contribution is 7.99. The molecule has 0 aliphatic rings. The average Bonchev–Trinajstić information content (AvgIpc) is 2.49. The molecule has 6 nitrogen and oxygen atoms in total. The average molecular weight is 351 g/mol. The summed E-state index contributed by atoms with van der Waals surface area (Å²) >= 11 is 1.43. The molecule has 0 spiro atoms. The van der Waals surface area contributed by atoms with Gasteiger partial charge in [-0.1, -0.05) is 11.8 Å². The number of pyridine rings is 1. The van der Waals surface area contributed by atoms with Gasteiger partial charge in [-0.2, -0.15) is 0 Å². The van der Waals surface area contributed by atoms with Gasteiger partial charge in [0.1, 0.15) is 5.03 Å². The lowest BCUT2D eigenvalue weighted by Gasteiger charge is -2.06. The van der Waals surface area contributed by atoms with Crippen LogP contribution in [0.5, 0.6) is 0 Å². The number of carbonyl (C=O) groups excluding carboxylic acids is 1. The van der Waals surface area contributed by atoms with Crippen molar-refractivity contribution in [1.82, 2.24) is 10.3 Å². The van der Waals surface area contributed by atoms with E-state index in [0.29, 0.717) is 17.8 Å². The Morgan fingerprint density at radius 1 is 1.17 bits per heavy atom. The second-order valence-electron chi connectivity index (χ2n) is 4.75. The minimum absolute atomic E-state index is 0.146. The summed E-state index contributed by atoms with van der Waals surface area (Å²) in [6.45, 7) is 2.43. The van der Waals surface area contributed by atoms with Crippen molar-refractivity contribution < 1.29 is 13.2 Å². The number of hydrogen-bond donors (Lipinski definition) is 2. The van der Waals surface area contributed by atoms with E-state index in [1.807, 2.05) is 6.92 Å². The highest BCUT2D eigenvalue weighted by Gasteiger charge is 2.06. The van der Waals surface area contributed by atoms with Crippen LogP contribution in [0.25, 0.3) is 0 Å². The van der Waals surface area contributed by atoms with E-state index < -0.39 is 10.0 Å². The van der Waals surface area contributed by atoms with E-state index in [9.17, 15) is 13.2 Å². The molecule has 0 bridgehead atoms. The zero-order chi connectivity index (χ0) is 16.9. The van der Waals surface area contributed by atoms with E-state index in [2.05, 4.69) is 15.0 Å². The first-order valence-corrected chi connectivity index (χ1v) is 9.58. The fraction of sp³-hybridized carbons (Fsp3) is 0.200. The molecule has 0 atom stereocenters. The van der Waals surface area contributed by atoms with Crippen LogP contribution in [0.4, 0.5) is 5.69 Å². The van der Waals surface area contributed by atoms with Crippen LogP contribution >= 0.6 is 11.8 Å². The highest BCUT2D eigenvalue weighted by Crippen LogP contribution is 2.27. The Morgan fingerprint density at radius 3 is 2.39 bits per heavy atom. The number of amides is 1. The lowest BCUT2D eigenvalue weighted by Crippen LogP contribution is -2.22. The number of anilines is 1. The zero-order valence-corrected chi connectivity index (χ0v) is 14.4. The normalized spacial score (nSPS) is 11.0. The molecule has 1 aromatic carbocycles.